The predicted molar refractivity (Wildman–Crippen MR) is 121 cm³/mol. The van der Waals surface area contributed by atoms with Gasteiger partial charge in [0.15, 0.2) is 0 Å². The van der Waals surface area contributed by atoms with E-state index in [1.165, 1.54) is 43.8 Å². The maximum absolute atomic E-state index is 13.0. The van der Waals surface area contributed by atoms with Gasteiger partial charge in [0.25, 0.3) is 10.0 Å². The average molecular weight is 460 g/mol. The molecule has 10 heteroatoms. The fraction of sp³-hybridized carbons (Fsp3) is 0.0435. The first-order chi connectivity index (χ1) is 15.9. The third-order valence-electron chi connectivity index (χ3n) is 4.51. The van der Waals surface area contributed by atoms with E-state index in [2.05, 4.69) is 31.5 Å². The van der Waals surface area contributed by atoms with Crippen LogP contribution in [0.2, 0.25) is 0 Å². The lowest BCUT2D eigenvalue weighted by molar-refractivity contribution is 0.0690. The van der Waals surface area contributed by atoms with Crippen molar-refractivity contribution in [2.45, 2.75) is 4.90 Å². The normalized spacial score (nSPS) is 10.8. The van der Waals surface area contributed by atoms with Crippen molar-refractivity contribution < 1.29 is 23.1 Å². The number of carboxylic acids is 1. The van der Waals surface area contributed by atoms with Gasteiger partial charge in [0.1, 0.15) is 5.69 Å². The molecular formula is C23H16N4O5S. The van der Waals surface area contributed by atoms with Crippen molar-refractivity contribution in [2.75, 3.05) is 11.8 Å². The van der Waals surface area contributed by atoms with Gasteiger partial charge in [-0.3, -0.25) is 4.72 Å². The number of sulfonamides is 1. The Labute approximate surface area is 189 Å². The minimum absolute atomic E-state index is 0.0192. The van der Waals surface area contributed by atoms with Crippen LogP contribution in [-0.4, -0.2) is 41.6 Å². The van der Waals surface area contributed by atoms with E-state index in [1.54, 1.807) is 30.3 Å². The molecule has 0 saturated heterocycles. The topological polar surface area (TPSA) is 131 Å². The molecule has 0 aliphatic carbocycles. The summed E-state index contributed by atoms with van der Waals surface area (Å²) in [5.74, 6) is 4.95. The molecule has 164 valence electrons. The summed E-state index contributed by atoms with van der Waals surface area (Å²) in [6.07, 6.45) is 2.75. The molecule has 2 aromatic heterocycles. The highest BCUT2D eigenvalue weighted by molar-refractivity contribution is 7.92. The smallest absolute Gasteiger partial charge is 0.354 e. The minimum Gasteiger partial charge on any atom is -0.480 e. The van der Waals surface area contributed by atoms with Crippen LogP contribution >= 0.6 is 0 Å². The van der Waals surface area contributed by atoms with Crippen LogP contribution in [0.15, 0.2) is 71.9 Å². The number of carbonyl (C=O) groups is 1. The molecular weight excluding hydrogens is 444 g/mol. The molecule has 9 nitrogen and oxygen atoms in total. The van der Waals surface area contributed by atoms with Gasteiger partial charge in [-0.05, 0) is 42.5 Å². The summed E-state index contributed by atoms with van der Waals surface area (Å²) in [6.45, 7) is 0. The first kappa shape index (κ1) is 21.7. The number of nitrogens with zero attached hydrogens (tertiary/aromatic N) is 3. The van der Waals surface area contributed by atoms with Crippen LogP contribution in [0.4, 0.5) is 5.69 Å². The second-order valence-electron chi connectivity index (χ2n) is 6.70. The Morgan fingerprint density at radius 2 is 1.82 bits per heavy atom. The van der Waals surface area contributed by atoms with E-state index in [-0.39, 0.29) is 10.6 Å². The summed E-state index contributed by atoms with van der Waals surface area (Å²) >= 11 is 0. The van der Waals surface area contributed by atoms with Gasteiger partial charge in [0.05, 0.1) is 34.9 Å². The number of pyridine rings is 1. The number of aromatic carboxylic acids is 1. The van der Waals surface area contributed by atoms with Crippen LogP contribution < -0.4 is 9.46 Å². The molecule has 4 aromatic rings. The van der Waals surface area contributed by atoms with Gasteiger partial charge in [0, 0.05) is 17.3 Å². The van der Waals surface area contributed by atoms with E-state index in [0.717, 1.165) is 0 Å². The van der Waals surface area contributed by atoms with E-state index in [1.807, 2.05) is 0 Å². The number of anilines is 1. The van der Waals surface area contributed by atoms with Gasteiger partial charge >= 0.3 is 5.97 Å². The fourth-order valence-electron chi connectivity index (χ4n) is 2.86. The van der Waals surface area contributed by atoms with E-state index in [4.69, 9.17) is 9.84 Å². The van der Waals surface area contributed by atoms with Gasteiger partial charge in [-0.15, -0.1) is 0 Å². The summed E-state index contributed by atoms with van der Waals surface area (Å²) < 4.78 is 33.6. The van der Waals surface area contributed by atoms with Gasteiger partial charge < -0.3 is 9.84 Å². The number of nitrogens with one attached hydrogen (secondary N) is 1. The molecule has 2 heterocycles. The highest BCUT2D eigenvalue weighted by Crippen LogP contribution is 2.22. The lowest BCUT2D eigenvalue weighted by Gasteiger charge is -2.10. The molecule has 0 radical (unpaired) electrons. The van der Waals surface area contributed by atoms with Crippen molar-refractivity contribution in [3.63, 3.8) is 0 Å². The number of carboxylic acid groups (broad SMARTS) is 1. The Morgan fingerprint density at radius 1 is 1.00 bits per heavy atom. The fourth-order valence-corrected chi connectivity index (χ4v) is 3.96. The zero-order valence-electron chi connectivity index (χ0n) is 17.2. The van der Waals surface area contributed by atoms with Crippen LogP contribution in [0.5, 0.6) is 5.88 Å². The third-order valence-corrected chi connectivity index (χ3v) is 5.87. The summed E-state index contributed by atoms with van der Waals surface area (Å²) in [7, 11) is -2.46. The van der Waals surface area contributed by atoms with Crippen molar-refractivity contribution in [2.24, 2.45) is 0 Å². The molecule has 33 heavy (non-hydrogen) atoms. The zero-order valence-corrected chi connectivity index (χ0v) is 18.0. The third kappa shape index (κ3) is 4.89. The number of fused-ring (bicyclic) bond motifs is 1. The molecule has 0 spiro atoms. The number of ether oxygens (including phenoxy) is 1. The van der Waals surface area contributed by atoms with Crippen molar-refractivity contribution >= 4 is 32.7 Å². The maximum atomic E-state index is 13.0. The predicted octanol–water partition coefficient (Wildman–Crippen LogP) is 2.93. The minimum atomic E-state index is -3.94. The average Bonchev–Trinajstić information content (AvgIpc) is 2.82. The molecule has 0 aliphatic heterocycles. The zero-order chi connectivity index (χ0) is 23.4. The Kier molecular flexibility index (Phi) is 5.89. The Bertz CT molecular complexity index is 1520. The van der Waals surface area contributed by atoms with Crippen LogP contribution in [0.1, 0.15) is 21.6 Å². The van der Waals surface area contributed by atoms with Crippen LogP contribution in [0.3, 0.4) is 0 Å². The van der Waals surface area contributed by atoms with Crippen molar-refractivity contribution in [1.29, 1.82) is 0 Å². The highest BCUT2D eigenvalue weighted by Gasteiger charge is 2.17. The molecule has 0 aliphatic rings. The number of benzene rings is 2. The number of rotatable bonds is 5. The van der Waals surface area contributed by atoms with Gasteiger partial charge in [-0.1, -0.05) is 24.0 Å². The van der Waals surface area contributed by atoms with E-state index < -0.39 is 16.0 Å². The number of hydrogen-bond acceptors (Lipinski definition) is 7. The molecule has 0 amide bonds. The lowest BCUT2D eigenvalue weighted by Crippen LogP contribution is -2.14. The molecule has 0 bridgehead atoms. The van der Waals surface area contributed by atoms with Crippen LogP contribution in [0.25, 0.3) is 11.0 Å². The molecule has 2 N–H and O–H groups in total. The number of hydrogen-bond donors (Lipinski definition) is 2. The molecule has 0 atom stereocenters. The molecule has 0 unspecified atom stereocenters. The monoisotopic (exact) mass is 460 g/mol. The first-order valence-corrected chi connectivity index (χ1v) is 11.0. The summed E-state index contributed by atoms with van der Waals surface area (Å²) in [5.41, 5.74) is 2.04. The Balaban J connectivity index is 1.62. The van der Waals surface area contributed by atoms with Crippen molar-refractivity contribution in [3.05, 3.63) is 83.8 Å². The lowest BCUT2D eigenvalue weighted by atomic mass is 10.1. The largest absolute Gasteiger partial charge is 0.480 e. The van der Waals surface area contributed by atoms with E-state index in [9.17, 15) is 13.2 Å². The highest BCUT2D eigenvalue weighted by atomic mass is 32.2. The number of methoxy groups -OCH3 is 1. The first-order valence-electron chi connectivity index (χ1n) is 9.50. The second-order valence-corrected chi connectivity index (χ2v) is 8.38. The quantitative estimate of drug-likeness (QED) is 0.435. The van der Waals surface area contributed by atoms with E-state index >= 15 is 0 Å². The number of aromatic nitrogens is 3. The SMILES string of the molecule is COc1cnc2cc(S(=O)(=O)Nc3ccccc3C#Cc3ccc(C(=O)O)nc3)ccc2n1. The Hall–Kier alpha value is -4.49. The van der Waals surface area contributed by atoms with Crippen LogP contribution in [0, 0.1) is 11.8 Å². The van der Waals surface area contributed by atoms with E-state index in [0.29, 0.717) is 33.7 Å². The molecule has 4 rings (SSSR count). The molecule has 0 saturated carbocycles. The molecule has 2 aromatic carbocycles. The summed E-state index contributed by atoms with van der Waals surface area (Å²) in [4.78, 5) is 23.2. The standard InChI is InChI=1S/C23H16N4O5S/c1-32-22-14-25-21-12-17(9-11-19(21)26-22)33(30,31)27-18-5-3-2-4-16(18)8-6-15-7-10-20(23(28)29)24-13-15/h2-5,7,9-14,27H,1H3,(H,28,29). The summed E-state index contributed by atoms with van der Waals surface area (Å²) in [5, 5.41) is 8.93. The van der Waals surface area contributed by atoms with Crippen molar-refractivity contribution in [1.82, 2.24) is 15.0 Å². The van der Waals surface area contributed by atoms with Crippen molar-refractivity contribution in [3.8, 4) is 17.7 Å². The van der Waals surface area contributed by atoms with Crippen LogP contribution in [-0.2, 0) is 10.0 Å². The summed E-state index contributed by atoms with van der Waals surface area (Å²) in [6, 6.07) is 14.0. The molecule has 0 fully saturated rings. The maximum Gasteiger partial charge on any atom is 0.354 e. The second kappa shape index (κ2) is 8.94. The van der Waals surface area contributed by atoms with Gasteiger partial charge in [0.2, 0.25) is 5.88 Å². The Morgan fingerprint density at radius 3 is 2.55 bits per heavy atom. The number of para-hydroxylation sites is 1. The van der Waals surface area contributed by atoms with Gasteiger partial charge in [-0.2, -0.15) is 0 Å². The van der Waals surface area contributed by atoms with Gasteiger partial charge in [-0.25, -0.2) is 28.2 Å².